The summed E-state index contributed by atoms with van der Waals surface area (Å²) in [5, 5.41) is 0.617. The van der Waals surface area contributed by atoms with Gasteiger partial charge in [0, 0.05) is 37.0 Å². The van der Waals surface area contributed by atoms with Gasteiger partial charge in [0.2, 0.25) is 0 Å². The van der Waals surface area contributed by atoms with E-state index in [9.17, 15) is 13.6 Å². The monoisotopic (exact) mass is 395 g/mol. The van der Waals surface area contributed by atoms with E-state index in [0.717, 1.165) is 17.7 Å². The summed E-state index contributed by atoms with van der Waals surface area (Å²) in [6.45, 7) is 2.80. The third-order valence-corrected chi connectivity index (χ3v) is 4.71. The van der Waals surface area contributed by atoms with Gasteiger partial charge in [-0.05, 0) is 42.8 Å². The number of aryl methyl sites for hydroxylation is 1. The molecule has 2 aromatic rings. The molecule has 1 amide bonds. The highest BCUT2D eigenvalue weighted by Crippen LogP contribution is 2.24. The second-order valence-corrected chi connectivity index (χ2v) is 6.91. The molecule has 3 rings (SSSR count). The lowest BCUT2D eigenvalue weighted by Crippen LogP contribution is -2.43. The van der Waals surface area contributed by atoms with E-state index in [1.54, 1.807) is 23.1 Å². The van der Waals surface area contributed by atoms with Gasteiger partial charge in [0.25, 0.3) is 5.91 Å². The van der Waals surface area contributed by atoms with Crippen molar-refractivity contribution in [1.82, 2.24) is 4.90 Å². The number of amides is 1. The number of carbonyl (C=O) groups excluding carboxylic acids is 1. The normalized spacial score (nSPS) is 14.9. The summed E-state index contributed by atoms with van der Waals surface area (Å²) in [5.74, 6) is -0.826. The van der Waals surface area contributed by atoms with Crippen LogP contribution in [0.25, 0.3) is 0 Å². The van der Waals surface area contributed by atoms with Crippen LogP contribution in [0.3, 0.4) is 0 Å². The average molecular weight is 396 g/mol. The second kappa shape index (κ2) is 8.57. The Morgan fingerprint density at radius 3 is 2.52 bits per heavy atom. The molecule has 0 saturated carbocycles. The van der Waals surface area contributed by atoms with E-state index in [1.165, 1.54) is 6.07 Å². The molecule has 27 heavy (non-hydrogen) atoms. The van der Waals surface area contributed by atoms with Crippen molar-refractivity contribution in [3.63, 3.8) is 0 Å². The van der Waals surface area contributed by atoms with Crippen LogP contribution in [-0.4, -0.2) is 36.6 Å². The summed E-state index contributed by atoms with van der Waals surface area (Å²) in [7, 11) is 0. The Kier molecular flexibility index (Phi) is 6.16. The topological polar surface area (TPSA) is 38.8 Å². The Morgan fingerprint density at radius 1 is 1.15 bits per heavy atom. The van der Waals surface area contributed by atoms with Gasteiger partial charge in [-0.2, -0.15) is 0 Å². The van der Waals surface area contributed by atoms with Crippen molar-refractivity contribution in [3.05, 3.63) is 58.6 Å². The average Bonchev–Trinajstić information content (AvgIpc) is 2.64. The number of piperidine rings is 1. The Labute approximate surface area is 161 Å². The van der Waals surface area contributed by atoms with Crippen molar-refractivity contribution in [1.29, 1.82) is 0 Å². The Balaban J connectivity index is 1.47. The van der Waals surface area contributed by atoms with Gasteiger partial charge in [0.1, 0.15) is 17.7 Å². The lowest BCUT2D eigenvalue weighted by atomic mass is 10.1. The summed E-state index contributed by atoms with van der Waals surface area (Å²) >= 11 is 5.91. The fraction of sp³-hybridized carbons (Fsp3) is 0.350. The molecular weight excluding hydrogens is 376 g/mol. The van der Waals surface area contributed by atoms with Crippen LogP contribution in [0.15, 0.2) is 36.4 Å². The highest BCUT2D eigenvalue weighted by atomic mass is 35.5. The molecule has 4 nitrogen and oxygen atoms in total. The lowest BCUT2D eigenvalue weighted by molar-refractivity contribution is -0.135. The fourth-order valence-electron chi connectivity index (χ4n) is 2.98. The number of nitrogens with zero attached hydrogens (tertiary/aromatic N) is 1. The van der Waals surface area contributed by atoms with E-state index >= 15 is 0 Å². The minimum absolute atomic E-state index is 0.0303. The van der Waals surface area contributed by atoms with Crippen LogP contribution < -0.4 is 9.47 Å². The third-order valence-electron chi connectivity index (χ3n) is 4.47. The van der Waals surface area contributed by atoms with E-state index in [0.29, 0.717) is 36.7 Å². The number of carbonyl (C=O) groups is 1. The summed E-state index contributed by atoms with van der Waals surface area (Å²) in [5.41, 5.74) is 0.865. The summed E-state index contributed by atoms with van der Waals surface area (Å²) in [6.07, 6.45) is 0.929. The molecule has 0 aromatic heterocycles. The van der Waals surface area contributed by atoms with Crippen LogP contribution in [0.5, 0.6) is 11.5 Å². The summed E-state index contributed by atoms with van der Waals surface area (Å²) in [6, 6.07) is 8.47. The molecular formula is C20H20ClF2NO3. The first kappa shape index (κ1) is 19.4. The van der Waals surface area contributed by atoms with E-state index in [2.05, 4.69) is 0 Å². The number of likely N-dealkylation sites (tertiary alicyclic amines) is 1. The van der Waals surface area contributed by atoms with Gasteiger partial charge in [-0.3, -0.25) is 4.79 Å². The standard InChI is InChI=1S/C20H20ClF2NO3/c1-13-10-14(21)2-4-18(13)26-12-20(25)24-8-6-16(7-9-24)27-19-5-3-15(22)11-17(19)23/h2-5,10-11,16H,6-9,12H2,1H3. The highest BCUT2D eigenvalue weighted by Gasteiger charge is 2.25. The zero-order chi connectivity index (χ0) is 19.4. The van der Waals surface area contributed by atoms with Crippen LogP contribution in [0.1, 0.15) is 18.4 Å². The maximum absolute atomic E-state index is 13.7. The maximum Gasteiger partial charge on any atom is 0.260 e. The van der Waals surface area contributed by atoms with Crippen molar-refractivity contribution >= 4 is 17.5 Å². The van der Waals surface area contributed by atoms with Crippen LogP contribution in [-0.2, 0) is 4.79 Å². The minimum atomic E-state index is -0.722. The maximum atomic E-state index is 13.7. The van der Waals surface area contributed by atoms with Gasteiger partial charge in [-0.15, -0.1) is 0 Å². The van der Waals surface area contributed by atoms with Gasteiger partial charge in [-0.25, -0.2) is 8.78 Å². The largest absolute Gasteiger partial charge is 0.487 e. The van der Waals surface area contributed by atoms with E-state index in [-0.39, 0.29) is 24.4 Å². The second-order valence-electron chi connectivity index (χ2n) is 6.47. The van der Waals surface area contributed by atoms with E-state index < -0.39 is 11.6 Å². The van der Waals surface area contributed by atoms with Gasteiger partial charge in [-0.1, -0.05) is 11.6 Å². The quantitative estimate of drug-likeness (QED) is 0.754. The smallest absolute Gasteiger partial charge is 0.260 e. The van der Waals surface area contributed by atoms with E-state index in [1.807, 2.05) is 6.92 Å². The van der Waals surface area contributed by atoms with Gasteiger partial charge in [0.15, 0.2) is 18.2 Å². The van der Waals surface area contributed by atoms with Gasteiger partial charge >= 0.3 is 0 Å². The number of hydrogen-bond acceptors (Lipinski definition) is 3. The molecule has 0 N–H and O–H groups in total. The Bertz CT molecular complexity index is 823. The number of benzene rings is 2. The highest BCUT2D eigenvalue weighted by molar-refractivity contribution is 6.30. The van der Waals surface area contributed by atoms with Crippen LogP contribution >= 0.6 is 11.6 Å². The molecule has 0 unspecified atom stereocenters. The molecule has 0 atom stereocenters. The molecule has 1 saturated heterocycles. The molecule has 144 valence electrons. The molecule has 1 aliphatic heterocycles. The fourth-order valence-corrected chi connectivity index (χ4v) is 3.21. The first-order valence-electron chi connectivity index (χ1n) is 8.71. The minimum Gasteiger partial charge on any atom is -0.487 e. The number of hydrogen-bond donors (Lipinski definition) is 0. The molecule has 0 aliphatic carbocycles. The van der Waals surface area contributed by atoms with Crippen LogP contribution in [0, 0.1) is 18.6 Å². The van der Waals surface area contributed by atoms with Crippen molar-refractivity contribution in [2.45, 2.75) is 25.9 Å². The van der Waals surface area contributed by atoms with Crippen LogP contribution in [0.2, 0.25) is 5.02 Å². The first-order chi connectivity index (χ1) is 12.9. The Hall–Kier alpha value is -2.34. The number of ether oxygens (including phenoxy) is 2. The first-order valence-corrected chi connectivity index (χ1v) is 9.08. The third kappa shape index (κ3) is 5.10. The van der Waals surface area contributed by atoms with Gasteiger partial charge < -0.3 is 14.4 Å². The molecule has 2 aromatic carbocycles. The molecule has 7 heteroatoms. The van der Waals surface area contributed by atoms with Crippen molar-refractivity contribution in [2.75, 3.05) is 19.7 Å². The SMILES string of the molecule is Cc1cc(Cl)ccc1OCC(=O)N1CCC(Oc2ccc(F)cc2F)CC1. The van der Waals surface area contributed by atoms with E-state index in [4.69, 9.17) is 21.1 Å². The molecule has 1 heterocycles. The zero-order valence-electron chi connectivity index (χ0n) is 14.9. The van der Waals surface area contributed by atoms with Crippen LogP contribution in [0.4, 0.5) is 8.78 Å². The summed E-state index contributed by atoms with van der Waals surface area (Å²) < 4.78 is 37.8. The van der Waals surface area contributed by atoms with Crippen molar-refractivity contribution in [3.8, 4) is 11.5 Å². The predicted molar refractivity (Wildman–Crippen MR) is 98.3 cm³/mol. The van der Waals surface area contributed by atoms with Gasteiger partial charge in [0.05, 0.1) is 0 Å². The lowest BCUT2D eigenvalue weighted by Gasteiger charge is -2.32. The number of halogens is 3. The molecule has 0 spiro atoms. The predicted octanol–water partition coefficient (Wildman–Crippen LogP) is 4.38. The molecule has 1 fully saturated rings. The molecule has 1 aliphatic rings. The van der Waals surface area contributed by atoms with Crippen molar-refractivity contribution in [2.24, 2.45) is 0 Å². The molecule has 0 bridgehead atoms. The summed E-state index contributed by atoms with van der Waals surface area (Å²) in [4.78, 5) is 14.0. The zero-order valence-corrected chi connectivity index (χ0v) is 15.6. The Morgan fingerprint density at radius 2 is 1.85 bits per heavy atom. The molecule has 0 radical (unpaired) electrons. The number of rotatable bonds is 5. The van der Waals surface area contributed by atoms with Crippen molar-refractivity contribution < 1.29 is 23.0 Å².